The third-order valence-electron chi connectivity index (χ3n) is 7.16. The Kier molecular flexibility index (Phi) is 5.54. The Morgan fingerprint density at radius 3 is 1.81 bits per heavy atom. The van der Waals surface area contributed by atoms with E-state index in [1.54, 1.807) is 0 Å². The number of hydrogen-bond acceptors (Lipinski definition) is 0. The SMILES string of the molecule is Cc1cc2ccccc2cc1-c1c(C)ccc2[nH]c3ccc4ccccc4c3c12.Cc1ccccc1. The minimum Gasteiger partial charge on any atom is -0.354 e. The highest BCUT2D eigenvalue weighted by Gasteiger charge is 2.16. The summed E-state index contributed by atoms with van der Waals surface area (Å²) in [5.41, 5.74) is 9.00. The van der Waals surface area contributed by atoms with Crippen LogP contribution < -0.4 is 0 Å². The molecule has 36 heavy (non-hydrogen) atoms. The Bertz CT molecular complexity index is 1860. The van der Waals surface area contributed by atoms with Crippen molar-refractivity contribution in [1.82, 2.24) is 4.98 Å². The number of H-pyrrole nitrogens is 1. The van der Waals surface area contributed by atoms with Crippen molar-refractivity contribution in [2.24, 2.45) is 0 Å². The van der Waals surface area contributed by atoms with E-state index in [0.29, 0.717) is 0 Å². The summed E-state index contributed by atoms with van der Waals surface area (Å²) < 4.78 is 0. The van der Waals surface area contributed by atoms with Crippen molar-refractivity contribution in [2.75, 3.05) is 0 Å². The van der Waals surface area contributed by atoms with Crippen molar-refractivity contribution in [2.45, 2.75) is 20.8 Å². The number of nitrogens with one attached hydrogen (secondary N) is 1. The number of fused-ring (bicyclic) bond motifs is 6. The van der Waals surface area contributed by atoms with Gasteiger partial charge in [0.2, 0.25) is 0 Å². The molecule has 0 saturated heterocycles. The van der Waals surface area contributed by atoms with Gasteiger partial charge in [0.25, 0.3) is 0 Å². The average molecular weight is 464 g/mol. The monoisotopic (exact) mass is 463 g/mol. The largest absolute Gasteiger partial charge is 0.354 e. The molecule has 1 nitrogen and oxygen atoms in total. The smallest absolute Gasteiger partial charge is 0.0471 e. The topological polar surface area (TPSA) is 15.8 Å². The molecule has 0 radical (unpaired) electrons. The summed E-state index contributed by atoms with van der Waals surface area (Å²) in [5, 5.41) is 7.82. The van der Waals surface area contributed by atoms with E-state index in [1.165, 1.54) is 71.2 Å². The summed E-state index contributed by atoms with van der Waals surface area (Å²) in [6.07, 6.45) is 0. The predicted molar refractivity (Wildman–Crippen MR) is 157 cm³/mol. The Labute approximate surface area is 212 Å². The summed E-state index contributed by atoms with van der Waals surface area (Å²) in [6.45, 7) is 6.54. The van der Waals surface area contributed by atoms with Crippen molar-refractivity contribution >= 4 is 43.4 Å². The molecule has 6 aromatic carbocycles. The number of hydrogen-bond donors (Lipinski definition) is 1. The van der Waals surface area contributed by atoms with Crippen LogP contribution in [0.15, 0.2) is 115 Å². The molecule has 1 heteroatoms. The summed E-state index contributed by atoms with van der Waals surface area (Å²) in [4.78, 5) is 3.66. The normalized spacial score (nSPS) is 11.2. The lowest BCUT2D eigenvalue weighted by atomic mass is 9.89. The van der Waals surface area contributed by atoms with Gasteiger partial charge in [-0.2, -0.15) is 0 Å². The van der Waals surface area contributed by atoms with Gasteiger partial charge in [-0.3, -0.25) is 0 Å². The minimum absolute atomic E-state index is 1.20. The average Bonchev–Trinajstić information content (AvgIpc) is 3.29. The maximum Gasteiger partial charge on any atom is 0.0471 e. The van der Waals surface area contributed by atoms with Crippen molar-refractivity contribution < 1.29 is 0 Å². The van der Waals surface area contributed by atoms with Gasteiger partial charge in [0, 0.05) is 21.8 Å². The Morgan fingerprint density at radius 1 is 0.472 bits per heavy atom. The van der Waals surface area contributed by atoms with Crippen molar-refractivity contribution in [3.8, 4) is 11.1 Å². The number of aryl methyl sites for hydroxylation is 3. The van der Waals surface area contributed by atoms with Gasteiger partial charge < -0.3 is 4.98 Å². The second-order valence-corrected chi connectivity index (χ2v) is 9.68. The summed E-state index contributed by atoms with van der Waals surface area (Å²) in [6, 6.07) is 41.1. The summed E-state index contributed by atoms with van der Waals surface area (Å²) >= 11 is 0. The van der Waals surface area contributed by atoms with E-state index in [0.717, 1.165) is 0 Å². The zero-order chi connectivity index (χ0) is 24.6. The first-order valence-corrected chi connectivity index (χ1v) is 12.5. The molecular formula is C35H29N. The Morgan fingerprint density at radius 2 is 1.08 bits per heavy atom. The van der Waals surface area contributed by atoms with Crippen LogP contribution in [0, 0.1) is 20.8 Å². The van der Waals surface area contributed by atoms with Crippen LogP contribution in [0.2, 0.25) is 0 Å². The van der Waals surface area contributed by atoms with Gasteiger partial charge in [-0.1, -0.05) is 103 Å². The highest BCUT2D eigenvalue weighted by atomic mass is 14.7. The minimum atomic E-state index is 1.20. The van der Waals surface area contributed by atoms with Gasteiger partial charge in [0.1, 0.15) is 0 Å². The van der Waals surface area contributed by atoms with Crippen LogP contribution >= 0.6 is 0 Å². The first-order chi connectivity index (χ1) is 17.6. The molecule has 0 saturated carbocycles. The van der Waals surface area contributed by atoms with Crippen LogP contribution in [0.25, 0.3) is 54.5 Å². The van der Waals surface area contributed by atoms with E-state index < -0.39 is 0 Å². The van der Waals surface area contributed by atoms with Crippen LogP contribution in [0.3, 0.4) is 0 Å². The van der Waals surface area contributed by atoms with Gasteiger partial charge in [0.05, 0.1) is 0 Å². The van der Waals surface area contributed by atoms with E-state index >= 15 is 0 Å². The third kappa shape index (κ3) is 3.83. The van der Waals surface area contributed by atoms with Crippen molar-refractivity contribution in [1.29, 1.82) is 0 Å². The summed E-state index contributed by atoms with van der Waals surface area (Å²) in [5.74, 6) is 0. The van der Waals surface area contributed by atoms with Crippen molar-refractivity contribution in [3.63, 3.8) is 0 Å². The Hall–Kier alpha value is -4.36. The van der Waals surface area contributed by atoms with E-state index in [-0.39, 0.29) is 0 Å². The zero-order valence-corrected chi connectivity index (χ0v) is 21.0. The number of aromatic amines is 1. The fourth-order valence-electron chi connectivity index (χ4n) is 5.37. The predicted octanol–water partition coefficient (Wildman–Crippen LogP) is 9.91. The quantitative estimate of drug-likeness (QED) is 0.249. The molecule has 7 aromatic rings. The maximum atomic E-state index is 3.66. The fraction of sp³-hybridized carbons (Fsp3) is 0.0857. The molecule has 0 aliphatic carbocycles. The molecule has 0 aliphatic heterocycles. The van der Waals surface area contributed by atoms with Crippen LogP contribution in [0.4, 0.5) is 0 Å². The van der Waals surface area contributed by atoms with Crippen LogP contribution in [0.1, 0.15) is 16.7 Å². The van der Waals surface area contributed by atoms with E-state index in [9.17, 15) is 0 Å². The zero-order valence-electron chi connectivity index (χ0n) is 21.0. The van der Waals surface area contributed by atoms with Crippen molar-refractivity contribution in [3.05, 3.63) is 132 Å². The molecule has 1 heterocycles. The molecule has 7 rings (SSSR count). The van der Waals surface area contributed by atoms with Gasteiger partial charge in [0.15, 0.2) is 0 Å². The highest BCUT2D eigenvalue weighted by molar-refractivity contribution is 6.24. The first kappa shape index (κ1) is 22.1. The van der Waals surface area contributed by atoms with E-state index in [1.807, 2.05) is 18.2 Å². The fourth-order valence-corrected chi connectivity index (χ4v) is 5.37. The highest BCUT2D eigenvalue weighted by Crippen LogP contribution is 2.41. The number of rotatable bonds is 1. The second kappa shape index (κ2) is 9.02. The first-order valence-electron chi connectivity index (χ1n) is 12.5. The van der Waals surface area contributed by atoms with Crippen LogP contribution in [-0.4, -0.2) is 4.98 Å². The van der Waals surface area contributed by atoms with Crippen LogP contribution in [-0.2, 0) is 0 Å². The molecule has 1 aromatic heterocycles. The van der Waals surface area contributed by atoms with E-state index in [2.05, 4.69) is 123 Å². The Balaban J connectivity index is 0.000000299. The molecule has 0 atom stereocenters. The lowest BCUT2D eigenvalue weighted by molar-refractivity contribution is 1.44. The van der Waals surface area contributed by atoms with Crippen LogP contribution in [0.5, 0.6) is 0 Å². The van der Waals surface area contributed by atoms with Gasteiger partial charge in [-0.05, 0) is 82.8 Å². The maximum absolute atomic E-state index is 3.66. The summed E-state index contributed by atoms with van der Waals surface area (Å²) in [7, 11) is 0. The number of aromatic nitrogens is 1. The molecule has 0 fully saturated rings. The number of benzene rings is 6. The molecule has 1 N–H and O–H groups in total. The van der Waals surface area contributed by atoms with Gasteiger partial charge in [-0.15, -0.1) is 0 Å². The van der Waals surface area contributed by atoms with E-state index in [4.69, 9.17) is 0 Å². The van der Waals surface area contributed by atoms with Gasteiger partial charge in [-0.25, -0.2) is 0 Å². The molecular weight excluding hydrogens is 434 g/mol. The molecule has 0 amide bonds. The standard InChI is InChI=1S/C28H21N.C7H8/c1-17-11-13-25-28(27-22-10-6-5-7-19(22)12-14-24(27)29-25)26(17)23-16-21-9-4-3-8-20(21)15-18(23)2;1-7-5-3-2-4-6-7/h3-16,29H,1-2H3;2-6H,1H3. The third-order valence-corrected chi connectivity index (χ3v) is 7.16. The molecule has 174 valence electrons. The second-order valence-electron chi connectivity index (χ2n) is 9.68. The van der Waals surface area contributed by atoms with Gasteiger partial charge >= 0.3 is 0 Å². The molecule has 0 spiro atoms. The molecule has 0 unspecified atom stereocenters. The molecule has 0 bridgehead atoms. The lowest BCUT2D eigenvalue weighted by Gasteiger charge is -2.14. The lowest BCUT2D eigenvalue weighted by Crippen LogP contribution is -1.90. The molecule has 0 aliphatic rings.